The van der Waals surface area contributed by atoms with Crippen LogP contribution in [0.15, 0.2) is 29.4 Å². The zero-order valence-electron chi connectivity index (χ0n) is 23.1. The number of hydrogen-bond donors (Lipinski definition) is 2. The van der Waals surface area contributed by atoms with Crippen LogP contribution in [0.4, 0.5) is 5.00 Å². The molecule has 3 aromatic rings. The van der Waals surface area contributed by atoms with Gasteiger partial charge in [0.25, 0.3) is 5.91 Å². The van der Waals surface area contributed by atoms with Crippen LogP contribution >= 0.6 is 23.1 Å². The van der Waals surface area contributed by atoms with Crippen molar-refractivity contribution in [3.63, 3.8) is 0 Å². The maximum atomic E-state index is 12.8. The van der Waals surface area contributed by atoms with Crippen molar-refractivity contribution >= 4 is 45.9 Å². The largest absolute Gasteiger partial charge is 0.462 e. The lowest BCUT2D eigenvalue weighted by atomic mass is 9.87. The predicted molar refractivity (Wildman–Crippen MR) is 154 cm³/mol. The molecule has 0 radical (unpaired) electrons. The Labute approximate surface area is 237 Å². The minimum Gasteiger partial charge on any atom is -0.462 e. The molecule has 2 N–H and O–H groups in total. The third-order valence-electron chi connectivity index (χ3n) is 6.58. The third-order valence-corrected chi connectivity index (χ3v) is 8.81. The topological polar surface area (TPSA) is 115 Å². The maximum absolute atomic E-state index is 12.8. The van der Waals surface area contributed by atoms with E-state index < -0.39 is 0 Å². The van der Waals surface area contributed by atoms with E-state index in [1.54, 1.807) is 18.5 Å². The molecule has 2 heterocycles. The summed E-state index contributed by atoms with van der Waals surface area (Å²) in [4.78, 5) is 39.2. The maximum Gasteiger partial charge on any atom is 0.341 e. The molecule has 4 rings (SSSR count). The highest BCUT2D eigenvalue weighted by Gasteiger charge is 2.27. The van der Waals surface area contributed by atoms with Crippen LogP contribution in [0.25, 0.3) is 0 Å². The van der Waals surface area contributed by atoms with Gasteiger partial charge in [-0.05, 0) is 61.3 Å². The summed E-state index contributed by atoms with van der Waals surface area (Å²) in [6.07, 6.45) is 3.85. The molecule has 39 heavy (non-hydrogen) atoms. The van der Waals surface area contributed by atoms with Crippen molar-refractivity contribution < 1.29 is 19.1 Å². The van der Waals surface area contributed by atoms with Crippen LogP contribution in [0.3, 0.4) is 0 Å². The van der Waals surface area contributed by atoms with Crippen molar-refractivity contribution in [2.24, 2.45) is 7.05 Å². The van der Waals surface area contributed by atoms with Crippen LogP contribution in [-0.4, -0.2) is 44.9 Å². The lowest BCUT2D eigenvalue weighted by Gasteiger charge is -2.19. The standard InChI is InChI=1S/C28H35N5O4S2/c1-6-37-26(36)23-19-9-7-8-10-20(19)39-25(23)30-22(34)16-38-27-32-31-21(33(27)5)15-29-24(35)17-11-13-18(14-12-17)28(2,3)4/h11-14H,6-10,15-16H2,1-5H3,(H,29,35)(H,30,34). The summed E-state index contributed by atoms with van der Waals surface area (Å²) in [6, 6.07) is 7.59. The van der Waals surface area contributed by atoms with Crippen molar-refractivity contribution in [1.82, 2.24) is 20.1 Å². The number of aryl methyl sites for hydroxylation is 1. The summed E-state index contributed by atoms with van der Waals surface area (Å²) < 4.78 is 7.03. The Morgan fingerprint density at radius 3 is 2.51 bits per heavy atom. The number of rotatable bonds is 9. The van der Waals surface area contributed by atoms with E-state index in [1.165, 1.54) is 23.1 Å². The van der Waals surface area contributed by atoms with Gasteiger partial charge in [-0.2, -0.15) is 0 Å². The van der Waals surface area contributed by atoms with Crippen LogP contribution < -0.4 is 10.6 Å². The van der Waals surface area contributed by atoms with Gasteiger partial charge in [-0.15, -0.1) is 21.5 Å². The van der Waals surface area contributed by atoms with E-state index in [2.05, 4.69) is 41.6 Å². The molecule has 0 aliphatic heterocycles. The molecule has 0 saturated heterocycles. The molecule has 1 aliphatic carbocycles. The van der Waals surface area contributed by atoms with Crippen LogP contribution in [0.5, 0.6) is 0 Å². The van der Waals surface area contributed by atoms with Crippen molar-refractivity contribution in [2.75, 3.05) is 17.7 Å². The van der Waals surface area contributed by atoms with Crippen molar-refractivity contribution in [2.45, 2.75) is 70.5 Å². The van der Waals surface area contributed by atoms with E-state index in [0.29, 0.717) is 27.1 Å². The number of carbonyl (C=O) groups excluding carboxylic acids is 3. The number of aromatic nitrogens is 3. The first-order valence-electron chi connectivity index (χ1n) is 13.1. The first-order chi connectivity index (χ1) is 18.6. The van der Waals surface area contributed by atoms with E-state index in [-0.39, 0.29) is 42.1 Å². The van der Waals surface area contributed by atoms with Crippen LogP contribution in [0.2, 0.25) is 0 Å². The molecule has 11 heteroatoms. The summed E-state index contributed by atoms with van der Waals surface area (Å²) in [6.45, 7) is 8.65. The number of carbonyl (C=O) groups is 3. The highest BCUT2D eigenvalue weighted by atomic mass is 32.2. The second-order valence-corrected chi connectivity index (χ2v) is 12.5. The Hall–Kier alpha value is -3.18. The molecular weight excluding hydrogens is 534 g/mol. The van der Waals surface area contributed by atoms with Crippen molar-refractivity contribution in [3.8, 4) is 0 Å². The molecule has 0 atom stereocenters. The Morgan fingerprint density at radius 2 is 1.82 bits per heavy atom. The molecule has 0 fully saturated rings. The van der Waals surface area contributed by atoms with E-state index in [0.717, 1.165) is 41.7 Å². The first kappa shape index (κ1) is 28.8. The van der Waals surface area contributed by atoms with Crippen LogP contribution in [-0.2, 0) is 41.4 Å². The fourth-order valence-corrected chi connectivity index (χ4v) is 6.40. The summed E-state index contributed by atoms with van der Waals surface area (Å²) in [5.74, 6) is -0.134. The van der Waals surface area contributed by atoms with Gasteiger partial charge in [0.2, 0.25) is 5.91 Å². The molecule has 0 spiro atoms. The zero-order valence-corrected chi connectivity index (χ0v) is 24.7. The number of hydrogen-bond acceptors (Lipinski definition) is 8. The molecule has 0 saturated carbocycles. The number of anilines is 1. The Bertz CT molecular complexity index is 1360. The van der Waals surface area contributed by atoms with Crippen LogP contribution in [0, 0.1) is 0 Å². The highest BCUT2D eigenvalue weighted by molar-refractivity contribution is 7.99. The number of fused-ring (bicyclic) bond motifs is 1. The fraction of sp³-hybridized carbons (Fsp3) is 0.464. The summed E-state index contributed by atoms with van der Waals surface area (Å²) >= 11 is 2.71. The predicted octanol–water partition coefficient (Wildman–Crippen LogP) is 4.89. The average molecular weight is 570 g/mol. The number of benzene rings is 1. The van der Waals surface area contributed by atoms with Gasteiger partial charge in [0, 0.05) is 17.5 Å². The number of nitrogens with zero attached hydrogens (tertiary/aromatic N) is 3. The van der Waals surface area contributed by atoms with Gasteiger partial charge in [-0.3, -0.25) is 9.59 Å². The molecule has 0 bridgehead atoms. The summed E-state index contributed by atoms with van der Waals surface area (Å²) in [7, 11) is 1.80. The van der Waals surface area contributed by atoms with Crippen molar-refractivity contribution in [3.05, 3.63) is 57.2 Å². The molecule has 208 valence electrons. The van der Waals surface area contributed by atoms with Crippen LogP contribution in [0.1, 0.15) is 83.1 Å². The zero-order chi connectivity index (χ0) is 28.2. The SMILES string of the molecule is CCOC(=O)c1c(NC(=O)CSc2nnc(CNC(=O)c3ccc(C(C)(C)C)cc3)n2C)sc2c1CCCC2. The van der Waals surface area contributed by atoms with E-state index in [4.69, 9.17) is 4.74 Å². The van der Waals surface area contributed by atoms with Gasteiger partial charge in [-0.1, -0.05) is 44.7 Å². The molecule has 2 amide bonds. The molecule has 9 nitrogen and oxygen atoms in total. The number of ether oxygens (including phenoxy) is 1. The fourth-order valence-electron chi connectivity index (χ4n) is 4.37. The number of esters is 1. The van der Waals surface area contributed by atoms with Gasteiger partial charge in [-0.25, -0.2) is 4.79 Å². The molecule has 1 aliphatic rings. The number of amides is 2. The first-order valence-corrected chi connectivity index (χ1v) is 14.9. The molecule has 2 aromatic heterocycles. The van der Waals surface area contributed by atoms with Crippen molar-refractivity contribution in [1.29, 1.82) is 0 Å². The van der Waals surface area contributed by atoms with E-state index >= 15 is 0 Å². The minimum absolute atomic E-state index is 0.0188. The van der Waals surface area contributed by atoms with Gasteiger partial charge in [0.15, 0.2) is 11.0 Å². The monoisotopic (exact) mass is 569 g/mol. The Morgan fingerprint density at radius 1 is 1.10 bits per heavy atom. The second kappa shape index (κ2) is 12.3. The Balaban J connectivity index is 1.33. The van der Waals surface area contributed by atoms with Gasteiger partial charge in [0.05, 0.1) is 24.5 Å². The summed E-state index contributed by atoms with van der Waals surface area (Å²) in [5.41, 5.74) is 3.27. The van der Waals surface area contributed by atoms with Gasteiger partial charge < -0.3 is 19.9 Å². The van der Waals surface area contributed by atoms with Gasteiger partial charge >= 0.3 is 5.97 Å². The lowest BCUT2D eigenvalue weighted by molar-refractivity contribution is -0.113. The molecule has 1 aromatic carbocycles. The number of thiophene rings is 1. The normalized spacial score (nSPS) is 13.1. The number of thioether (sulfide) groups is 1. The smallest absolute Gasteiger partial charge is 0.341 e. The Kier molecular flexibility index (Phi) is 9.12. The lowest BCUT2D eigenvalue weighted by Crippen LogP contribution is -2.24. The van der Waals surface area contributed by atoms with E-state index in [1.807, 2.05) is 24.3 Å². The average Bonchev–Trinajstić information content (AvgIpc) is 3.44. The quantitative estimate of drug-likeness (QED) is 0.278. The minimum atomic E-state index is -0.384. The number of nitrogens with one attached hydrogen (secondary N) is 2. The molecular formula is C28H35N5O4S2. The third kappa shape index (κ3) is 6.88. The second-order valence-electron chi connectivity index (χ2n) is 10.4. The van der Waals surface area contributed by atoms with E-state index in [9.17, 15) is 14.4 Å². The molecule has 0 unspecified atom stereocenters. The van der Waals surface area contributed by atoms with Gasteiger partial charge in [0.1, 0.15) is 5.00 Å². The highest BCUT2D eigenvalue weighted by Crippen LogP contribution is 2.38. The summed E-state index contributed by atoms with van der Waals surface area (Å²) in [5, 5.41) is 15.3.